The van der Waals surface area contributed by atoms with Crippen LogP contribution in [0.15, 0.2) is 58.6 Å². The van der Waals surface area contributed by atoms with E-state index < -0.39 is 10.1 Å². The van der Waals surface area contributed by atoms with E-state index in [-0.39, 0.29) is 10.8 Å². The van der Waals surface area contributed by atoms with Crippen molar-refractivity contribution in [1.29, 1.82) is 0 Å². The SMILES string of the molecule is C=CCC1CC(C)=C/C1=N\OS(=O)(=O)c1ccc(C)cc1. The molecule has 4 nitrogen and oxygen atoms in total. The molecule has 2 rings (SSSR count). The summed E-state index contributed by atoms with van der Waals surface area (Å²) in [5, 5.41) is 3.85. The Morgan fingerprint density at radius 1 is 1.33 bits per heavy atom. The lowest BCUT2D eigenvalue weighted by atomic mass is 10.0. The van der Waals surface area contributed by atoms with Crippen LogP contribution in [0.3, 0.4) is 0 Å². The Hall–Kier alpha value is -1.88. The molecule has 0 saturated carbocycles. The highest BCUT2D eigenvalue weighted by molar-refractivity contribution is 7.86. The van der Waals surface area contributed by atoms with Crippen LogP contribution in [0.25, 0.3) is 0 Å². The standard InChI is InChI=1S/C16H19NO3S/c1-4-5-14-10-13(3)11-16(14)17-20-21(18,19)15-8-6-12(2)7-9-15/h4,6-9,11,14H,1,5,10H2,2-3H3/b17-16+. The van der Waals surface area contributed by atoms with Crippen molar-refractivity contribution < 1.29 is 12.7 Å². The third kappa shape index (κ3) is 3.82. The maximum atomic E-state index is 12.1. The molecule has 112 valence electrons. The normalized spacial score (nSPS) is 20.4. The number of aryl methyl sites for hydroxylation is 1. The largest absolute Gasteiger partial charge is 0.358 e. The van der Waals surface area contributed by atoms with E-state index in [1.165, 1.54) is 12.1 Å². The molecule has 1 aromatic rings. The lowest BCUT2D eigenvalue weighted by Crippen LogP contribution is -2.09. The molecule has 5 heteroatoms. The van der Waals surface area contributed by atoms with Gasteiger partial charge in [-0.2, -0.15) is 8.42 Å². The zero-order chi connectivity index (χ0) is 15.5. The van der Waals surface area contributed by atoms with Gasteiger partial charge in [-0.15, -0.1) is 6.58 Å². The summed E-state index contributed by atoms with van der Waals surface area (Å²) in [5.41, 5.74) is 2.81. The van der Waals surface area contributed by atoms with E-state index >= 15 is 0 Å². The van der Waals surface area contributed by atoms with E-state index in [1.54, 1.807) is 18.2 Å². The van der Waals surface area contributed by atoms with Crippen LogP contribution in [-0.2, 0) is 14.4 Å². The summed E-state index contributed by atoms with van der Waals surface area (Å²) in [6.45, 7) is 7.60. The van der Waals surface area contributed by atoms with Gasteiger partial charge in [-0.3, -0.25) is 4.28 Å². The van der Waals surface area contributed by atoms with Crippen LogP contribution in [0.2, 0.25) is 0 Å². The van der Waals surface area contributed by atoms with E-state index in [1.807, 2.05) is 19.9 Å². The summed E-state index contributed by atoms with van der Waals surface area (Å²) in [6, 6.07) is 6.48. The van der Waals surface area contributed by atoms with Gasteiger partial charge in [-0.1, -0.05) is 34.5 Å². The van der Waals surface area contributed by atoms with Crippen LogP contribution in [0.1, 0.15) is 25.3 Å². The summed E-state index contributed by atoms with van der Waals surface area (Å²) >= 11 is 0. The number of allylic oxidation sites excluding steroid dienone is 3. The highest BCUT2D eigenvalue weighted by Crippen LogP contribution is 2.26. The zero-order valence-corrected chi connectivity index (χ0v) is 13.1. The van der Waals surface area contributed by atoms with Crippen molar-refractivity contribution in [2.45, 2.75) is 31.6 Å². The van der Waals surface area contributed by atoms with Crippen LogP contribution >= 0.6 is 0 Å². The highest BCUT2D eigenvalue weighted by atomic mass is 32.2. The maximum absolute atomic E-state index is 12.1. The Labute approximate surface area is 125 Å². The minimum atomic E-state index is -3.86. The second-order valence-electron chi connectivity index (χ2n) is 5.27. The van der Waals surface area contributed by atoms with Crippen molar-refractivity contribution in [2.24, 2.45) is 11.1 Å². The second-order valence-corrected chi connectivity index (χ2v) is 6.80. The van der Waals surface area contributed by atoms with Gasteiger partial charge in [0.15, 0.2) is 0 Å². The molecule has 0 radical (unpaired) electrons. The fraction of sp³-hybridized carbons (Fsp3) is 0.312. The van der Waals surface area contributed by atoms with Gasteiger partial charge >= 0.3 is 10.1 Å². The van der Waals surface area contributed by atoms with Gasteiger partial charge in [0.25, 0.3) is 0 Å². The first kappa shape index (κ1) is 15.5. The monoisotopic (exact) mass is 305 g/mol. The Morgan fingerprint density at radius 3 is 2.62 bits per heavy atom. The molecule has 0 spiro atoms. The Kier molecular flexibility index (Phi) is 4.63. The summed E-state index contributed by atoms with van der Waals surface area (Å²) in [5.74, 6) is 0.149. The van der Waals surface area contributed by atoms with Crippen LogP contribution in [0.5, 0.6) is 0 Å². The van der Waals surface area contributed by atoms with Crippen molar-refractivity contribution in [3.8, 4) is 0 Å². The van der Waals surface area contributed by atoms with Gasteiger partial charge in [0.05, 0.1) is 5.71 Å². The molecule has 1 aromatic carbocycles. The Morgan fingerprint density at radius 2 is 2.00 bits per heavy atom. The van der Waals surface area contributed by atoms with Crippen LogP contribution in [0.4, 0.5) is 0 Å². The molecule has 1 aliphatic rings. The molecule has 0 N–H and O–H groups in total. The lowest BCUT2D eigenvalue weighted by Gasteiger charge is -2.08. The molecular formula is C16H19NO3S. The number of hydrogen-bond acceptors (Lipinski definition) is 4. The quantitative estimate of drug-likeness (QED) is 0.617. The smallest absolute Gasteiger partial charge is 0.265 e. The summed E-state index contributed by atoms with van der Waals surface area (Å²) in [7, 11) is -3.86. The second kappa shape index (κ2) is 6.26. The van der Waals surface area contributed by atoms with Crippen LogP contribution in [-0.4, -0.2) is 14.1 Å². The molecule has 0 aromatic heterocycles. The lowest BCUT2D eigenvalue weighted by molar-refractivity contribution is 0.336. The summed E-state index contributed by atoms with van der Waals surface area (Å²) < 4.78 is 29.0. The minimum Gasteiger partial charge on any atom is -0.265 e. The fourth-order valence-electron chi connectivity index (χ4n) is 2.27. The number of benzene rings is 1. The van der Waals surface area contributed by atoms with Gasteiger partial charge in [0.2, 0.25) is 0 Å². The average molecular weight is 305 g/mol. The van der Waals surface area contributed by atoms with Crippen molar-refractivity contribution in [3.05, 3.63) is 54.1 Å². The van der Waals surface area contributed by atoms with Crippen molar-refractivity contribution in [2.75, 3.05) is 0 Å². The van der Waals surface area contributed by atoms with E-state index in [4.69, 9.17) is 4.28 Å². The first-order chi connectivity index (χ1) is 9.92. The molecule has 0 bridgehead atoms. The number of oxime groups is 1. The van der Waals surface area contributed by atoms with Gasteiger partial charge in [0, 0.05) is 5.92 Å². The summed E-state index contributed by atoms with van der Waals surface area (Å²) in [6.07, 6.45) is 5.29. The van der Waals surface area contributed by atoms with E-state index in [2.05, 4.69) is 11.7 Å². The van der Waals surface area contributed by atoms with Crippen molar-refractivity contribution >= 4 is 15.8 Å². The number of rotatable bonds is 5. The zero-order valence-electron chi connectivity index (χ0n) is 12.2. The van der Waals surface area contributed by atoms with Gasteiger partial charge in [-0.05, 0) is 44.9 Å². The molecule has 0 heterocycles. The van der Waals surface area contributed by atoms with Gasteiger partial charge in [-0.25, -0.2) is 0 Å². The van der Waals surface area contributed by atoms with Crippen LogP contribution in [0, 0.1) is 12.8 Å². The Bertz CT molecular complexity index is 685. The van der Waals surface area contributed by atoms with Crippen molar-refractivity contribution in [1.82, 2.24) is 0 Å². The van der Waals surface area contributed by atoms with Gasteiger partial charge in [0.1, 0.15) is 4.90 Å². The van der Waals surface area contributed by atoms with E-state index in [9.17, 15) is 8.42 Å². The summed E-state index contributed by atoms with van der Waals surface area (Å²) in [4.78, 5) is 0.108. The van der Waals surface area contributed by atoms with E-state index in [0.717, 1.165) is 24.0 Å². The predicted octanol–water partition coefficient (Wildman–Crippen LogP) is 3.60. The topological polar surface area (TPSA) is 55.7 Å². The minimum absolute atomic E-state index is 0.108. The fourth-order valence-corrected chi connectivity index (χ4v) is 3.01. The molecule has 21 heavy (non-hydrogen) atoms. The highest BCUT2D eigenvalue weighted by Gasteiger charge is 2.23. The third-order valence-electron chi connectivity index (χ3n) is 3.38. The molecule has 0 fully saturated rings. The first-order valence-electron chi connectivity index (χ1n) is 6.78. The number of hydrogen-bond donors (Lipinski definition) is 0. The maximum Gasteiger partial charge on any atom is 0.358 e. The van der Waals surface area contributed by atoms with Crippen molar-refractivity contribution in [3.63, 3.8) is 0 Å². The molecule has 0 saturated heterocycles. The number of nitrogens with zero attached hydrogens (tertiary/aromatic N) is 1. The predicted molar refractivity (Wildman–Crippen MR) is 83.6 cm³/mol. The van der Waals surface area contributed by atoms with Gasteiger partial charge < -0.3 is 0 Å². The van der Waals surface area contributed by atoms with E-state index in [0.29, 0.717) is 5.71 Å². The molecule has 1 unspecified atom stereocenters. The molecule has 0 amide bonds. The Balaban J connectivity index is 2.18. The molecular weight excluding hydrogens is 286 g/mol. The molecule has 0 aliphatic heterocycles. The first-order valence-corrected chi connectivity index (χ1v) is 8.19. The van der Waals surface area contributed by atoms with Crippen LogP contribution < -0.4 is 0 Å². The molecule has 1 aliphatic carbocycles. The average Bonchev–Trinajstić information content (AvgIpc) is 2.78. The third-order valence-corrected chi connectivity index (χ3v) is 4.50. The molecule has 1 atom stereocenters.